The number of rotatable bonds is 7. The fourth-order valence-electron chi connectivity index (χ4n) is 3.80. The first-order valence-electron chi connectivity index (χ1n) is 10.4. The van der Waals surface area contributed by atoms with Gasteiger partial charge >= 0.3 is 146 Å². The second kappa shape index (κ2) is 10.1. The minimum atomic E-state index is -0.422. The van der Waals surface area contributed by atoms with Crippen molar-refractivity contribution in [1.82, 2.24) is 24.8 Å². The van der Waals surface area contributed by atoms with Gasteiger partial charge in [0.15, 0.2) is 0 Å². The Kier molecular flexibility index (Phi) is 6.99. The number of ether oxygens (including phenoxy) is 1. The summed E-state index contributed by atoms with van der Waals surface area (Å²) >= 11 is 0.364. The van der Waals surface area contributed by atoms with Crippen LogP contribution in [-0.2, 0) is 4.79 Å². The van der Waals surface area contributed by atoms with Gasteiger partial charge in [-0.2, -0.15) is 5.26 Å². The number of nitriles is 1. The molecule has 33 heavy (non-hydrogen) atoms. The predicted molar refractivity (Wildman–Crippen MR) is 125 cm³/mol. The van der Waals surface area contributed by atoms with Crippen molar-refractivity contribution in [3.05, 3.63) is 36.3 Å². The zero-order valence-electron chi connectivity index (χ0n) is 18.4. The van der Waals surface area contributed by atoms with Crippen LogP contribution in [0.5, 0.6) is 5.88 Å². The van der Waals surface area contributed by atoms with E-state index in [0.29, 0.717) is 61.7 Å². The molecule has 170 valence electrons. The van der Waals surface area contributed by atoms with Crippen LogP contribution in [0.1, 0.15) is 12.0 Å². The van der Waals surface area contributed by atoms with Gasteiger partial charge in [0.1, 0.15) is 11.6 Å². The van der Waals surface area contributed by atoms with Gasteiger partial charge in [-0.1, -0.05) is 0 Å². The average molecular weight is 511 g/mol. The van der Waals surface area contributed by atoms with Crippen LogP contribution in [0.25, 0.3) is 22.3 Å². The Morgan fingerprint density at radius 3 is 3.03 bits per heavy atom. The van der Waals surface area contributed by atoms with E-state index in [1.807, 2.05) is 17.0 Å². The Balaban J connectivity index is 1.57. The third-order valence-electron chi connectivity index (χ3n) is 5.45. The maximum absolute atomic E-state index is 12.6. The summed E-state index contributed by atoms with van der Waals surface area (Å²) in [5.74, 6) is 2.97. The van der Waals surface area contributed by atoms with Crippen molar-refractivity contribution in [2.45, 2.75) is 29.6 Å². The third-order valence-corrected chi connectivity index (χ3v) is 6.90. The molecular weight excluding hydrogens is 487 g/mol. The molecule has 3 N–H and O–H groups in total. The number of aromatic nitrogens is 4. The molecule has 10 nitrogen and oxygen atoms in total. The molecule has 0 spiro atoms. The molecule has 4 rings (SSSR count). The Hall–Kier alpha value is -3.32. The summed E-state index contributed by atoms with van der Waals surface area (Å²) in [5, 5.41) is 13.5. The molecule has 11 heteroatoms. The number of carbonyl (C=O) groups is 1. The van der Waals surface area contributed by atoms with Crippen LogP contribution in [0.2, 0.25) is 11.1 Å². The Bertz CT molecular complexity index is 1210. The van der Waals surface area contributed by atoms with Gasteiger partial charge in [-0.05, 0) is 6.07 Å². The molecule has 0 aliphatic carbocycles. The summed E-state index contributed by atoms with van der Waals surface area (Å²) in [6, 6.07) is 7.09. The Morgan fingerprint density at radius 1 is 1.42 bits per heavy atom. The van der Waals surface area contributed by atoms with E-state index in [2.05, 4.69) is 32.2 Å². The van der Waals surface area contributed by atoms with Crippen LogP contribution in [0.4, 0.5) is 5.82 Å². The van der Waals surface area contributed by atoms with E-state index in [0.717, 1.165) is 11.7 Å². The van der Waals surface area contributed by atoms with Gasteiger partial charge in [0, 0.05) is 6.20 Å². The smallest absolute Gasteiger partial charge is 0.115 e. The Morgan fingerprint density at radius 2 is 2.27 bits per heavy atom. The van der Waals surface area contributed by atoms with Gasteiger partial charge < -0.3 is 4.74 Å². The maximum atomic E-state index is 12.6. The van der Waals surface area contributed by atoms with Gasteiger partial charge in [-0.3, -0.25) is 0 Å². The van der Waals surface area contributed by atoms with Crippen molar-refractivity contribution in [2.75, 3.05) is 25.5 Å². The van der Waals surface area contributed by atoms with Crippen molar-refractivity contribution in [1.29, 1.82) is 5.26 Å². The zero-order chi connectivity index (χ0) is 23.4. The SMILES string of the molecule is COc1ncc(-c2ccc3ncnc(NC4CCN(C(=O)C(N)C[Se]C)C4)c3n2)cc1C#N. The number of nitrogens with zero attached hydrogens (tertiary/aromatic N) is 6. The molecule has 3 aromatic rings. The second-order valence-electron chi connectivity index (χ2n) is 7.66. The summed E-state index contributed by atoms with van der Waals surface area (Å²) < 4.78 is 5.13. The molecule has 0 aromatic carbocycles. The van der Waals surface area contributed by atoms with Crippen LogP contribution >= 0.6 is 0 Å². The van der Waals surface area contributed by atoms with Crippen LogP contribution in [0.3, 0.4) is 0 Å². The summed E-state index contributed by atoms with van der Waals surface area (Å²) in [4.78, 5) is 32.0. The summed E-state index contributed by atoms with van der Waals surface area (Å²) in [7, 11) is 1.47. The Labute approximate surface area is 197 Å². The van der Waals surface area contributed by atoms with Gasteiger partial charge in [-0.15, -0.1) is 0 Å². The van der Waals surface area contributed by atoms with Crippen molar-refractivity contribution in [3.63, 3.8) is 0 Å². The molecule has 1 saturated heterocycles. The average Bonchev–Trinajstić information content (AvgIpc) is 3.31. The van der Waals surface area contributed by atoms with Crippen LogP contribution in [0, 0.1) is 11.3 Å². The van der Waals surface area contributed by atoms with Gasteiger partial charge in [-0.25, -0.2) is 4.98 Å². The number of methoxy groups -OCH3 is 1. The first-order valence-corrected chi connectivity index (χ1v) is 13.3. The molecule has 1 fully saturated rings. The first-order chi connectivity index (χ1) is 16.0. The topological polar surface area (TPSA) is 143 Å². The number of fused-ring (bicyclic) bond motifs is 1. The number of pyridine rings is 2. The standard InChI is InChI=1S/C22H24N8O2Se/c1-32-21-13(8-23)7-14(9-25-21)17-3-4-18-19(29-17)20(27-12-26-18)28-15-5-6-30(10-15)22(31)16(24)11-33-2/h3-4,7,9,12,15-16H,5-6,10-11,24H2,1-2H3,(H,26,27,28). The van der Waals surface area contributed by atoms with Crippen molar-refractivity contribution >= 4 is 37.7 Å². The normalized spacial score (nSPS) is 16.4. The number of hydrogen-bond acceptors (Lipinski definition) is 9. The van der Waals surface area contributed by atoms with E-state index < -0.39 is 6.04 Å². The van der Waals surface area contributed by atoms with Crippen molar-refractivity contribution < 1.29 is 9.53 Å². The molecule has 1 aliphatic heterocycles. The van der Waals surface area contributed by atoms with E-state index >= 15 is 0 Å². The second-order valence-corrected chi connectivity index (χ2v) is 9.57. The molecule has 1 aliphatic rings. The summed E-state index contributed by atoms with van der Waals surface area (Å²) in [6.45, 7) is 1.24. The minimum absolute atomic E-state index is 0.0104. The molecule has 4 heterocycles. The van der Waals surface area contributed by atoms with Crippen molar-refractivity contribution in [2.24, 2.45) is 5.73 Å². The quantitative estimate of drug-likeness (QED) is 0.451. The summed E-state index contributed by atoms with van der Waals surface area (Å²) in [5.41, 5.74) is 8.99. The zero-order valence-corrected chi connectivity index (χ0v) is 20.1. The van der Waals surface area contributed by atoms with E-state index in [1.165, 1.54) is 13.4 Å². The molecule has 1 amide bonds. The van der Waals surface area contributed by atoms with Gasteiger partial charge in [0.25, 0.3) is 0 Å². The number of anilines is 1. The number of carbonyl (C=O) groups excluding carboxylic acids is 1. The number of amides is 1. The predicted octanol–water partition coefficient (Wildman–Crippen LogP) is 1.48. The number of nitrogens with one attached hydrogen (secondary N) is 1. The van der Waals surface area contributed by atoms with E-state index in [9.17, 15) is 10.1 Å². The minimum Gasteiger partial charge on any atom is -0.192 e. The molecule has 0 saturated carbocycles. The molecule has 0 radical (unpaired) electrons. The van der Waals surface area contributed by atoms with Gasteiger partial charge in [0.05, 0.1) is 7.11 Å². The molecular formula is C22H24N8O2Se. The van der Waals surface area contributed by atoms with Crippen LogP contribution in [-0.4, -0.2) is 78.0 Å². The largest absolute Gasteiger partial charge is 0.192 e. The summed E-state index contributed by atoms with van der Waals surface area (Å²) in [6.07, 6.45) is 3.91. The fraction of sp³-hybridized carbons (Fsp3) is 0.364. The van der Waals surface area contributed by atoms with E-state index in [4.69, 9.17) is 15.5 Å². The van der Waals surface area contributed by atoms with Crippen LogP contribution < -0.4 is 15.8 Å². The van der Waals surface area contributed by atoms with Gasteiger partial charge in [0.2, 0.25) is 5.88 Å². The first kappa shape index (κ1) is 22.9. The third kappa shape index (κ3) is 4.88. The molecule has 0 bridgehead atoms. The van der Waals surface area contributed by atoms with E-state index in [1.54, 1.807) is 12.3 Å². The number of nitrogens with two attached hydrogens (primary N) is 1. The fourth-order valence-corrected chi connectivity index (χ4v) is 4.85. The van der Waals surface area contributed by atoms with E-state index in [-0.39, 0.29) is 17.8 Å². The van der Waals surface area contributed by atoms with Crippen LogP contribution in [0.15, 0.2) is 30.7 Å². The molecule has 2 unspecified atom stereocenters. The number of hydrogen-bond donors (Lipinski definition) is 2. The maximum Gasteiger partial charge on any atom is 0.115 e. The number of likely N-dealkylation sites (tertiary alicyclic amines) is 1. The van der Waals surface area contributed by atoms with Crippen molar-refractivity contribution in [3.8, 4) is 23.2 Å². The molecule has 3 aromatic heterocycles. The monoisotopic (exact) mass is 512 g/mol. The molecule has 2 atom stereocenters.